The van der Waals surface area contributed by atoms with Crippen molar-refractivity contribution in [2.75, 3.05) is 5.73 Å². The second-order valence-electron chi connectivity index (χ2n) is 6.96. The highest BCUT2D eigenvalue weighted by atomic mass is 19.1. The van der Waals surface area contributed by atoms with Crippen molar-refractivity contribution >= 4 is 11.5 Å². The van der Waals surface area contributed by atoms with Gasteiger partial charge in [-0.05, 0) is 18.2 Å². The number of hydrogen-bond acceptors (Lipinski definition) is 8. The first-order chi connectivity index (χ1) is 16.0. The second kappa shape index (κ2) is 7.77. The summed E-state index contributed by atoms with van der Waals surface area (Å²) in [5, 5.41) is 24.5. The molecule has 11 heteroatoms. The zero-order valence-electron chi connectivity index (χ0n) is 16.6. The lowest BCUT2D eigenvalue weighted by atomic mass is 10.0. The molecule has 0 aliphatic carbocycles. The van der Waals surface area contributed by atoms with Gasteiger partial charge in [0.2, 0.25) is 0 Å². The summed E-state index contributed by atoms with van der Waals surface area (Å²) in [4.78, 5) is 12.5. The van der Waals surface area contributed by atoms with Gasteiger partial charge in [-0.15, -0.1) is 5.10 Å². The van der Waals surface area contributed by atoms with Crippen molar-refractivity contribution in [1.82, 2.24) is 24.6 Å². The number of aliphatic hydroxyl groups excluding tert-OH is 1. The highest BCUT2D eigenvalue weighted by Crippen LogP contribution is 2.35. The molecule has 162 valence electrons. The lowest BCUT2D eigenvalue weighted by Crippen LogP contribution is -2.08. The van der Waals surface area contributed by atoms with E-state index in [9.17, 15) is 19.1 Å². The number of hydrogen-bond donors (Lipinski definition) is 2. The summed E-state index contributed by atoms with van der Waals surface area (Å²) in [6.07, 6.45) is 0.779. The van der Waals surface area contributed by atoms with E-state index in [1.54, 1.807) is 24.3 Å². The molecule has 0 aliphatic rings. The minimum Gasteiger partial charge on any atom is -0.442 e. The van der Waals surface area contributed by atoms with Crippen LogP contribution in [0.2, 0.25) is 0 Å². The van der Waals surface area contributed by atoms with Crippen molar-refractivity contribution in [3.05, 3.63) is 83.6 Å². The smallest absolute Gasteiger partial charge is 0.199 e. The van der Waals surface area contributed by atoms with Crippen LogP contribution in [0.5, 0.6) is 0 Å². The van der Waals surface area contributed by atoms with Gasteiger partial charge in [0, 0.05) is 5.56 Å². The van der Waals surface area contributed by atoms with Crippen molar-refractivity contribution in [3.8, 4) is 28.8 Å². The van der Waals surface area contributed by atoms with Crippen LogP contribution in [0, 0.1) is 23.0 Å². The number of nitrogen functional groups attached to an aromatic ring is 1. The molecule has 3 N–H and O–H groups in total. The molecular formula is C22H13F2N7O2. The van der Waals surface area contributed by atoms with E-state index in [0.717, 1.165) is 12.1 Å². The first-order valence-corrected chi connectivity index (χ1v) is 9.56. The number of fused-ring (bicyclic) bond motifs is 1. The maximum absolute atomic E-state index is 14.2. The third-order valence-corrected chi connectivity index (χ3v) is 5.01. The Morgan fingerprint density at radius 3 is 2.55 bits per heavy atom. The normalized spacial score (nSPS) is 12.1. The number of oxazole rings is 1. The van der Waals surface area contributed by atoms with Crippen molar-refractivity contribution in [1.29, 1.82) is 5.26 Å². The Bertz CT molecular complexity index is 1520. The van der Waals surface area contributed by atoms with Crippen LogP contribution in [0.3, 0.4) is 0 Å². The molecule has 1 atom stereocenters. The molecule has 2 aromatic carbocycles. The van der Waals surface area contributed by atoms with Crippen LogP contribution in [0.25, 0.3) is 28.4 Å². The first-order valence-electron chi connectivity index (χ1n) is 9.56. The van der Waals surface area contributed by atoms with Crippen LogP contribution in [-0.2, 0) is 0 Å². The fraction of sp³-hybridized carbons (Fsp3) is 0.0455. The maximum Gasteiger partial charge on any atom is 0.199 e. The molecule has 3 aromatic heterocycles. The Kier molecular flexibility index (Phi) is 4.77. The van der Waals surface area contributed by atoms with Crippen molar-refractivity contribution < 1.29 is 18.3 Å². The zero-order valence-corrected chi connectivity index (χ0v) is 16.6. The molecule has 0 aliphatic heterocycles. The van der Waals surface area contributed by atoms with Crippen LogP contribution < -0.4 is 5.73 Å². The summed E-state index contributed by atoms with van der Waals surface area (Å²) in [7, 11) is 0. The topological polar surface area (TPSA) is 139 Å². The van der Waals surface area contributed by atoms with Gasteiger partial charge in [0.25, 0.3) is 0 Å². The fourth-order valence-corrected chi connectivity index (χ4v) is 3.52. The molecule has 5 aromatic rings. The van der Waals surface area contributed by atoms with Crippen LogP contribution in [0.15, 0.2) is 59.5 Å². The largest absolute Gasteiger partial charge is 0.442 e. The van der Waals surface area contributed by atoms with Crippen LogP contribution in [0.4, 0.5) is 14.6 Å². The molecule has 0 spiro atoms. The van der Waals surface area contributed by atoms with Crippen LogP contribution in [-0.4, -0.2) is 29.7 Å². The predicted octanol–water partition coefficient (Wildman–Crippen LogP) is 3.26. The summed E-state index contributed by atoms with van der Waals surface area (Å²) >= 11 is 0. The van der Waals surface area contributed by atoms with E-state index in [2.05, 4.69) is 26.1 Å². The SMILES string of the molecule is N#Cc1ccccc1-c1nc(N)c2nc(C(O)c3c(F)cccc3F)nn2c1-c1cnco1. The number of anilines is 1. The standard InChI is InChI=1S/C22H13F2N7O2/c23-13-6-3-7-14(24)16(13)19(32)21-29-22-20(26)28-17(12-5-2-1-4-11(12)8-25)18(31(22)30-21)15-9-27-10-33-15/h1-7,9-10,19,32H,(H2,26,28). The number of rotatable bonds is 4. The molecule has 0 bridgehead atoms. The number of nitriles is 1. The number of benzene rings is 2. The van der Waals surface area contributed by atoms with Gasteiger partial charge in [0.1, 0.15) is 29.1 Å². The number of halogens is 2. The number of nitrogens with two attached hydrogens (primary N) is 1. The molecular weight excluding hydrogens is 432 g/mol. The molecule has 0 saturated carbocycles. The van der Waals surface area contributed by atoms with Crippen molar-refractivity contribution in [2.45, 2.75) is 6.10 Å². The first kappa shape index (κ1) is 20.2. The molecule has 0 amide bonds. The van der Waals surface area contributed by atoms with Crippen LogP contribution >= 0.6 is 0 Å². The summed E-state index contributed by atoms with van der Waals surface area (Å²) in [5.74, 6) is -2.07. The quantitative estimate of drug-likeness (QED) is 0.430. The van der Waals surface area contributed by atoms with Gasteiger partial charge in [0.15, 0.2) is 29.4 Å². The van der Waals surface area contributed by atoms with Gasteiger partial charge < -0.3 is 15.3 Å². The Balaban J connectivity index is 1.80. The fourth-order valence-electron chi connectivity index (χ4n) is 3.52. The Morgan fingerprint density at radius 2 is 1.85 bits per heavy atom. The highest BCUT2D eigenvalue weighted by molar-refractivity contribution is 5.83. The number of nitrogens with zero attached hydrogens (tertiary/aromatic N) is 6. The van der Waals surface area contributed by atoms with Gasteiger partial charge in [-0.25, -0.2) is 28.2 Å². The Labute approximate surface area is 184 Å². The lowest BCUT2D eigenvalue weighted by Gasteiger charge is -2.11. The summed E-state index contributed by atoms with van der Waals surface area (Å²) in [6.45, 7) is 0. The number of aromatic nitrogens is 5. The second-order valence-corrected chi connectivity index (χ2v) is 6.96. The van der Waals surface area contributed by atoms with E-state index < -0.39 is 23.3 Å². The lowest BCUT2D eigenvalue weighted by molar-refractivity contribution is 0.199. The molecule has 1 unspecified atom stereocenters. The summed E-state index contributed by atoms with van der Waals surface area (Å²) in [5.41, 5.74) is 6.79. The minimum absolute atomic E-state index is 0.0189. The average molecular weight is 445 g/mol. The highest BCUT2D eigenvalue weighted by Gasteiger charge is 2.27. The third kappa shape index (κ3) is 3.26. The van der Waals surface area contributed by atoms with E-state index in [0.29, 0.717) is 11.1 Å². The van der Waals surface area contributed by atoms with Gasteiger partial charge in [-0.3, -0.25) is 0 Å². The predicted molar refractivity (Wildman–Crippen MR) is 111 cm³/mol. The molecule has 0 fully saturated rings. The molecule has 0 radical (unpaired) electrons. The van der Waals surface area contributed by atoms with E-state index in [1.165, 1.54) is 23.2 Å². The van der Waals surface area contributed by atoms with E-state index in [1.807, 2.05) is 0 Å². The van der Waals surface area contributed by atoms with E-state index in [4.69, 9.17) is 10.2 Å². The molecule has 0 saturated heterocycles. The van der Waals surface area contributed by atoms with E-state index >= 15 is 0 Å². The summed E-state index contributed by atoms with van der Waals surface area (Å²) < 4.78 is 35.2. The average Bonchev–Trinajstić information content (AvgIpc) is 3.49. The zero-order chi connectivity index (χ0) is 23.1. The molecule has 33 heavy (non-hydrogen) atoms. The Hall–Kier alpha value is -4.69. The van der Waals surface area contributed by atoms with Crippen molar-refractivity contribution in [3.63, 3.8) is 0 Å². The third-order valence-electron chi connectivity index (χ3n) is 5.01. The van der Waals surface area contributed by atoms with E-state index in [-0.39, 0.29) is 34.4 Å². The van der Waals surface area contributed by atoms with Crippen molar-refractivity contribution in [2.24, 2.45) is 0 Å². The molecule has 3 heterocycles. The van der Waals surface area contributed by atoms with Gasteiger partial charge >= 0.3 is 0 Å². The molecule has 5 rings (SSSR count). The van der Waals surface area contributed by atoms with Gasteiger partial charge in [-0.1, -0.05) is 24.3 Å². The Morgan fingerprint density at radius 1 is 1.09 bits per heavy atom. The van der Waals surface area contributed by atoms with Gasteiger partial charge in [0.05, 0.1) is 23.4 Å². The number of aliphatic hydroxyl groups is 1. The molecule has 9 nitrogen and oxygen atoms in total. The maximum atomic E-state index is 14.2. The van der Waals surface area contributed by atoms with Gasteiger partial charge in [-0.2, -0.15) is 5.26 Å². The monoisotopic (exact) mass is 445 g/mol. The van der Waals surface area contributed by atoms with Crippen LogP contribution in [0.1, 0.15) is 23.1 Å². The summed E-state index contributed by atoms with van der Waals surface area (Å²) in [6, 6.07) is 12.0. The minimum atomic E-state index is -1.82.